The standard InChI is InChI=1S/C18H18BrF2N3O4/c1-8(2)28-14-4-11-10(3-12(14)15(22)25)13(19)6-23-16(11)27-7-9-5-18(20,21)17(26)24-9/h3-4,6,8-9H,5,7H2,1-2H3,(H2,22,25)(H,24,26)/t9-/m0/s1. The van der Waals surface area contributed by atoms with Crippen molar-refractivity contribution in [3.63, 3.8) is 0 Å². The van der Waals surface area contributed by atoms with Crippen LogP contribution in [0.5, 0.6) is 11.6 Å². The van der Waals surface area contributed by atoms with Gasteiger partial charge in [-0.25, -0.2) is 4.98 Å². The van der Waals surface area contributed by atoms with Crippen LogP contribution in [0, 0.1) is 0 Å². The molecule has 3 rings (SSSR count). The molecule has 0 bridgehead atoms. The molecule has 1 aromatic heterocycles. The van der Waals surface area contributed by atoms with E-state index in [2.05, 4.69) is 26.2 Å². The van der Waals surface area contributed by atoms with E-state index in [4.69, 9.17) is 15.2 Å². The second-order valence-corrected chi connectivity index (χ2v) is 7.58. The van der Waals surface area contributed by atoms with Gasteiger partial charge in [-0.2, -0.15) is 8.78 Å². The molecule has 2 aromatic rings. The Morgan fingerprint density at radius 3 is 2.71 bits per heavy atom. The van der Waals surface area contributed by atoms with Crippen molar-refractivity contribution in [2.24, 2.45) is 5.73 Å². The number of benzene rings is 1. The maximum atomic E-state index is 13.4. The van der Waals surface area contributed by atoms with Gasteiger partial charge in [0.1, 0.15) is 12.4 Å². The molecule has 2 amide bonds. The number of nitrogens with zero attached hydrogens (tertiary/aromatic N) is 1. The Balaban J connectivity index is 1.95. The summed E-state index contributed by atoms with van der Waals surface area (Å²) in [6.07, 6.45) is 0.608. The SMILES string of the molecule is CC(C)Oc1cc2c(OC[C@@H]3CC(F)(F)C(=O)N3)ncc(Br)c2cc1C(N)=O. The molecular formula is C18H18BrF2N3O4. The van der Waals surface area contributed by atoms with E-state index in [9.17, 15) is 18.4 Å². The van der Waals surface area contributed by atoms with Crippen LogP contribution in [0.4, 0.5) is 8.78 Å². The summed E-state index contributed by atoms with van der Waals surface area (Å²) >= 11 is 3.36. The van der Waals surface area contributed by atoms with E-state index < -0.39 is 30.2 Å². The molecule has 1 atom stereocenters. The van der Waals surface area contributed by atoms with E-state index in [1.54, 1.807) is 26.0 Å². The molecule has 0 spiro atoms. The van der Waals surface area contributed by atoms with E-state index in [1.807, 2.05) is 0 Å². The Morgan fingerprint density at radius 1 is 1.43 bits per heavy atom. The van der Waals surface area contributed by atoms with E-state index >= 15 is 0 Å². The Morgan fingerprint density at radius 2 is 2.14 bits per heavy atom. The third kappa shape index (κ3) is 4.01. The lowest BCUT2D eigenvalue weighted by atomic mass is 10.1. The van der Waals surface area contributed by atoms with Crippen LogP contribution < -0.4 is 20.5 Å². The lowest BCUT2D eigenvalue weighted by molar-refractivity contribution is -0.139. The fourth-order valence-corrected chi connectivity index (χ4v) is 3.32. The monoisotopic (exact) mass is 457 g/mol. The number of alkyl halides is 2. The number of hydrogen-bond donors (Lipinski definition) is 2. The van der Waals surface area contributed by atoms with Crippen molar-refractivity contribution in [2.45, 2.75) is 38.3 Å². The van der Waals surface area contributed by atoms with Gasteiger partial charge >= 0.3 is 5.92 Å². The van der Waals surface area contributed by atoms with Gasteiger partial charge in [-0.15, -0.1) is 0 Å². The van der Waals surface area contributed by atoms with Crippen molar-refractivity contribution in [1.29, 1.82) is 0 Å². The number of hydrogen-bond acceptors (Lipinski definition) is 5. The minimum Gasteiger partial charge on any atom is -0.490 e. The topological polar surface area (TPSA) is 104 Å². The molecule has 7 nitrogen and oxygen atoms in total. The van der Waals surface area contributed by atoms with Gasteiger partial charge in [0.05, 0.1) is 17.7 Å². The van der Waals surface area contributed by atoms with Crippen LogP contribution in [-0.2, 0) is 4.79 Å². The largest absolute Gasteiger partial charge is 0.490 e. The molecule has 1 aliphatic heterocycles. The molecular weight excluding hydrogens is 440 g/mol. The molecule has 150 valence electrons. The first-order valence-corrected chi connectivity index (χ1v) is 9.28. The zero-order valence-electron chi connectivity index (χ0n) is 15.1. The number of carbonyl (C=O) groups is 2. The van der Waals surface area contributed by atoms with E-state index in [-0.39, 0.29) is 29.9 Å². The van der Waals surface area contributed by atoms with Crippen LogP contribution in [0.25, 0.3) is 10.8 Å². The summed E-state index contributed by atoms with van der Waals surface area (Å²) < 4.78 is 38.6. The minimum absolute atomic E-state index is 0.160. The Bertz CT molecular complexity index is 952. The summed E-state index contributed by atoms with van der Waals surface area (Å²) in [7, 11) is 0. The molecule has 10 heteroatoms. The highest BCUT2D eigenvalue weighted by Crippen LogP contribution is 2.36. The lowest BCUT2D eigenvalue weighted by Crippen LogP contribution is -2.33. The highest BCUT2D eigenvalue weighted by Gasteiger charge is 2.48. The molecule has 1 aliphatic rings. The molecule has 3 N–H and O–H groups in total. The van der Waals surface area contributed by atoms with Gasteiger partial charge < -0.3 is 20.5 Å². The van der Waals surface area contributed by atoms with Crippen LogP contribution in [0.15, 0.2) is 22.8 Å². The second-order valence-electron chi connectivity index (χ2n) is 6.73. The molecule has 2 heterocycles. The van der Waals surface area contributed by atoms with Crippen molar-refractivity contribution in [2.75, 3.05) is 6.61 Å². The predicted octanol–water partition coefficient (Wildman–Crippen LogP) is 2.79. The quantitative estimate of drug-likeness (QED) is 0.693. The normalized spacial score (nSPS) is 18.4. The first-order chi connectivity index (χ1) is 13.1. The van der Waals surface area contributed by atoms with E-state index in [0.717, 1.165) is 0 Å². The number of fused-ring (bicyclic) bond motifs is 1. The third-order valence-electron chi connectivity index (χ3n) is 4.12. The molecule has 28 heavy (non-hydrogen) atoms. The maximum Gasteiger partial charge on any atom is 0.326 e. The number of ether oxygens (including phenoxy) is 2. The van der Waals surface area contributed by atoms with Gasteiger partial charge in [-0.1, -0.05) is 0 Å². The maximum absolute atomic E-state index is 13.4. The number of aromatic nitrogens is 1. The van der Waals surface area contributed by atoms with Gasteiger partial charge in [0.15, 0.2) is 0 Å². The Kier molecular flexibility index (Phi) is 5.42. The average molecular weight is 458 g/mol. The molecule has 0 unspecified atom stereocenters. The number of nitrogens with one attached hydrogen (secondary N) is 1. The van der Waals surface area contributed by atoms with Gasteiger partial charge in [0.25, 0.3) is 11.8 Å². The number of pyridine rings is 1. The van der Waals surface area contributed by atoms with Crippen LogP contribution in [0.3, 0.4) is 0 Å². The van der Waals surface area contributed by atoms with Crippen molar-refractivity contribution in [3.05, 3.63) is 28.4 Å². The van der Waals surface area contributed by atoms with Crippen molar-refractivity contribution in [3.8, 4) is 11.6 Å². The third-order valence-corrected chi connectivity index (χ3v) is 4.75. The zero-order chi connectivity index (χ0) is 20.6. The Hall–Kier alpha value is -2.49. The summed E-state index contributed by atoms with van der Waals surface area (Å²) in [6.45, 7) is 3.42. The highest BCUT2D eigenvalue weighted by molar-refractivity contribution is 9.10. The number of halogens is 3. The van der Waals surface area contributed by atoms with E-state index in [0.29, 0.717) is 15.2 Å². The first kappa shape index (κ1) is 20.2. The van der Waals surface area contributed by atoms with Crippen molar-refractivity contribution < 1.29 is 27.8 Å². The summed E-state index contributed by atoms with van der Waals surface area (Å²) in [5.74, 6) is -4.95. The summed E-state index contributed by atoms with van der Waals surface area (Å²) in [5.41, 5.74) is 5.65. The van der Waals surface area contributed by atoms with Gasteiger partial charge in [0.2, 0.25) is 5.88 Å². The van der Waals surface area contributed by atoms with Crippen molar-refractivity contribution >= 4 is 38.5 Å². The molecule has 1 fully saturated rings. The smallest absolute Gasteiger partial charge is 0.326 e. The molecule has 0 radical (unpaired) electrons. The zero-order valence-corrected chi connectivity index (χ0v) is 16.7. The van der Waals surface area contributed by atoms with Crippen LogP contribution in [0.1, 0.15) is 30.6 Å². The number of carbonyl (C=O) groups excluding carboxylic acids is 2. The molecule has 1 aromatic carbocycles. The highest BCUT2D eigenvalue weighted by atomic mass is 79.9. The van der Waals surface area contributed by atoms with Crippen LogP contribution in [0.2, 0.25) is 0 Å². The minimum atomic E-state index is -3.40. The number of primary amides is 1. The number of nitrogens with two attached hydrogens (primary N) is 1. The van der Waals surface area contributed by atoms with Crippen LogP contribution >= 0.6 is 15.9 Å². The lowest BCUT2D eigenvalue weighted by Gasteiger charge is -2.17. The summed E-state index contributed by atoms with van der Waals surface area (Å²) in [5, 5.41) is 3.30. The van der Waals surface area contributed by atoms with Gasteiger partial charge in [0, 0.05) is 27.9 Å². The summed E-state index contributed by atoms with van der Waals surface area (Å²) in [6, 6.07) is 2.29. The van der Waals surface area contributed by atoms with Gasteiger partial charge in [-0.3, -0.25) is 9.59 Å². The first-order valence-electron chi connectivity index (χ1n) is 8.49. The predicted molar refractivity (Wildman–Crippen MR) is 101 cm³/mol. The molecule has 0 aliphatic carbocycles. The Labute approximate surface area is 167 Å². The fourth-order valence-electron chi connectivity index (χ4n) is 2.89. The average Bonchev–Trinajstić information content (AvgIpc) is 2.85. The van der Waals surface area contributed by atoms with Crippen LogP contribution in [-0.4, -0.2) is 41.5 Å². The molecule has 1 saturated heterocycles. The summed E-state index contributed by atoms with van der Waals surface area (Å²) in [4.78, 5) is 27.2. The molecule has 0 saturated carbocycles. The fraction of sp³-hybridized carbons (Fsp3) is 0.389. The number of amides is 2. The van der Waals surface area contributed by atoms with Crippen molar-refractivity contribution in [1.82, 2.24) is 10.3 Å². The second kappa shape index (κ2) is 7.50. The van der Waals surface area contributed by atoms with Gasteiger partial charge in [-0.05, 0) is 41.9 Å². The number of rotatable bonds is 6. The van der Waals surface area contributed by atoms with E-state index in [1.165, 1.54) is 6.20 Å².